The Morgan fingerprint density at radius 1 is 1.64 bits per heavy atom. The van der Waals surface area contributed by atoms with Crippen LogP contribution in [0.5, 0.6) is 0 Å². The quantitative estimate of drug-likeness (QED) is 0.826. The van der Waals surface area contributed by atoms with Crippen molar-refractivity contribution in [3.63, 3.8) is 0 Å². The van der Waals surface area contributed by atoms with Crippen LogP contribution < -0.4 is 5.32 Å². The van der Waals surface area contributed by atoms with Gasteiger partial charge in [0.15, 0.2) is 0 Å². The highest BCUT2D eigenvalue weighted by molar-refractivity contribution is 6.31. The third-order valence-corrected chi connectivity index (χ3v) is 3.19. The average molecular weight is 211 g/mol. The van der Waals surface area contributed by atoms with E-state index in [9.17, 15) is 0 Å². The van der Waals surface area contributed by atoms with Crippen LogP contribution in [0.25, 0.3) is 0 Å². The van der Waals surface area contributed by atoms with Gasteiger partial charge in [-0.15, -0.1) is 0 Å². The number of halogens is 1. The van der Waals surface area contributed by atoms with Crippen LogP contribution in [0, 0.1) is 11.8 Å². The smallest absolute Gasteiger partial charge is 0.0634 e. The van der Waals surface area contributed by atoms with Crippen molar-refractivity contribution in [2.45, 2.75) is 19.9 Å². The normalized spacial score (nSPS) is 25.0. The van der Waals surface area contributed by atoms with E-state index in [4.69, 9.17) is 11.6 Å². The van der Waals surface area contributed by atoms with Crippen LogP contribution in [-0.2, 0) is 6.54 Å². The number of hydrogen-bond acceptors (Lipinski definition) is 2. The number of nitrogens with zero attached hydrogens (tertiary/aromatic N) is 1. The minimum absolute atomic E-state index is 0.754. The van der Waals surface area contributed by atoms with Gasteiger partial charge in [0.1, 0.15) is 0 Å². The zero-order valence-corrected chi connectivity index (χ0v) is 9.09. The van der Waals surface area contributed by atoms with E-state index in [-0.39, 0.29) is 0 Å². The van der Waals surface area contributed by atoms with Crippen LogP contribution in [0.15, 0.2) is 18.5 Å². The molecule has 2 unspecified atom stereocenters. The standard InChI is InChI=1S/C11H15ClN2/c1-8-4-10(8)6-14-5-9-2-3-13-7-11(9)12/h2-3,7-8,10,14H,4-6H2,1H3. The number of aromatic nitrogens is 1. The van der Waals surface area contributed by atoms with Crippen LogP contribution in [-0.4, -0.2) is 11.5 Å². The fourth-order valence-electron chi connectivity index (χ4n) is 1.62. The van der Waals surface area contributed by atoms with Crippen molar-refractivity contribution in [3.05, 3.63) is 29.0 Å². The van der Waals surface area contributed by atoms with Gasteiger partial charge in [-0.1, -0.05) is 18.5 Å². The molecule has 1 aliphatic rings. The molecule has 0 bridgehead atoms. The Morgan fingerprint density at radius 2 is 2.43 bits per heavy atom. The lowest BCUT2D eigenvalue weighted by molar-refractivity contribution is 0.612. The molecular formula is C11H15ClN2. The van der Waals surface area contributed by atoms with Crippen molar-refractivity contribution in [1.82, 2.24) is 10.3 Å². The minimum atomic E-state index is 0.754. The first-order valence-electron chi connectivity index (χ1n) is 5.06. The molecule has 76 valence electrons. The number of hydrogen-bond donors (Lipinski definition) is 1. The van der Waals surface area contributed by atoms with Crippen LogP contribution >= 0.6 is 11.6 Å². The molecule has 2 atom stereocenters. The Bertz CT molecular complexity index is 314. The first-order chi connectivity index (χ1) is 6.77. The van der Waals surface area contributed by atoms with Crippen LogP contribution in [0.3, 0.4) is 0 Å². The summed E-state index contributed by atoms with van der Waals surface area (Å²) < 4.78 is 0. The summed E-state index contributed by atoms with van der Waals surface area (Å²) in [4.78, 5) is 3.95. The monoisotopic (exact) mass is 210 g/mol. The second-order valence-electron chi connectivity index (χ2n) is 4.07. The summed E-state index contributed by atoms with van der Waals surface area (Å²) in [5.74, 6) is 1.80. The maximum absolute atomic E-state index is 5.98. The molecule has 0 saturated heterocycles. The van der Waals surface area contributed by atoms with Crippen molar-refractivity contribution in [2.75, 3.05) is 6.54 Å². The summed E-state index contributed by atoms with van der Waals surface area (Å²) in [6.07, 6.45) is 4.85. The maximum atomic E-state index is 5.98. The van der Waals surface area contributed by atoms with E-state index in [1.54, 1.807) is 12.4 Å². The Morgan fingerprint density at radius 3 is 3.07 bits per heavy atom. The van der Waals surface area contributed by atoms with Crippen molar-refractivity contribution in [2.24, 2.45) is 11.8 Å². The number of nitrogens with one attached hydrogen (secondary N) is 1. The zero-order chi connectivity index (χ0) is 9.97. The highest BCUT2D eigenvalue weighted by atomic mass is 35.5. The van der Waals surface area contributed by atoms with Crippen molar-refractivity contribution in [3.8, 4) is 0 Å². The molecule has 14 heavy (non-hydrogen) atoms. The van der Waals surface area contributed by atoms with Crippen molar-refractivity contribution in [1.29, 1.82) is 0 Å². The molecule has 1 aromatic heterocycles. The van der Waals surface area contributed by atoms with E-state index >= 15 is 0 Å². The number of pyridine rings is 1. The molecule has 1 aromatic rings. The molecule has 2 nitrogen and oxygen atoms in total. The Hall–Kier alpha value is -0.600. The molecular weight excluding hydrogens is 196 g/mol. The first-order valence-corrected chi connectivity index (χ1v) is 5.44. The van der Waals surface area contributed by atoms with Crippen LogP contribution in [0.4, 0.5) is 0 Å². The Labute approximate surface area is 89.7 Å². The Balaban J connectivity index is 1.77. The fraction of sp³-hybridized carbons (Fsp3) is 0.545. The van der Waals surface area contributed by atoms with E-state index in [2.05, 4.69) is 17.2 Å². The van der Waals surface area contributed by atoms with E-state index in [1.165, 1.54) is 6.42 Å². The second kappa shape index (κ2) is 4.28. The molecule has 0 radical (unpaired) electrons. The minimum Gasteiger partial charge on any atom is -0.312 e. The predicted octanol–water partition coefficient (Wildman–Crippen LogP) is 2.48. The van der Waals surface area contributed by atoms with Gasteiger partial charge in [-0.05, 0) is 36.4 Å². The molecule has 0 aromatic carbocycles. The van der Waals surface area contributed by atoms with Crippen LogP contribution in [0.2, 0.25) is 5.02 Å². The van der Waals surface area contributed by atoms with Gasteiger partial charge < -0.3 is 5.32 Å². The van der Waals surface area contributed by atoms with Crippen molar-refractivity contribution >= 4 is 11.6 Å². The van der Waals surface area contributed by atoms with E-state index < -0.39 is 0 Å². The molecule has 1 aliphatic carbocycles. The zero-order valence-electron chi connectivity index (χ0n) is 8.33. The Kier molecular flexibility index (Phi) is 3.04. The molecule has 1 fully saturated rings. The highest BCUT2D eigenvalue weighted by Gasteiger charge is 2.31. The van der Waals surface area contributed by atoms with E-state index in [0.717, 1.165) is 35.5 Å². The molecule has 3 heteroatoms. The summed E-state index contributed by atoms with van der Waals surface area (Å²) in [5.41, 5.74) is 1.13. The van der Waals surface area contributed by atoms with Crippen LogP contribution in [0.1, 0.15) is 18.9 Å². The molecule has 0 aliphatic heterocycles. The molecule has 1 heterocycles. The average Bonchev–Trinajstić information content (AvgIpc) is 2.86. The molecule has 1 saturated carbocycles. The van der Waals surface area contributed by atoms with Gasteiger partial charge >= 0.3 is 0 Å². The third-order valence-electron chi connectivity index (χ3n) is 2.85. The van der Waals surface area contributed by atoms with Gasteiger partial charge in [0, 0.05) is 18.9 Å². The fourth-order valence-corrected chi connectivity index (χ4v) is 1.81. The lowest BCUT2D eigenvalue weighted by atomic mass is 10.2. The first kappa shape index (κ1) is 9.94. The largest absolute Gasteiger partial charge is 0.312 e. The van der Waals surface area contributed by atoms with Gasteiger partial charge in [0.2, 0.25) is 0 Å². The van der Waals surface area contributed by atoms with Gasteiger partial charge in [0.05, 0.1) is 5.02 Å². The summed E-state index contributed by atoms with van der Waals surface area (Å²) in [6.45, 7) is 4.26. The molecule has 0 amide bonds. The molecule has 1 N–H and O–H groups in total. The van der Waals surface area contributed by atoms with Crippen molar-refractivity contribution < 1.29 is 0 Å². The lowest BCUT2D eigenvalue weighted by Crippen LogP contribution is -2.17. The maximum Gasteiger partial charge on any atom is 0.0634 e. The lowest BCUT2D eigenvalue weighted by Gasteiger charge is -2.05. The number of rotatable bonds is 4. The summed E-state index contributed by atoms with van der Waals surface area (Å²) in [6, 6.07) is 1.96. The molecule has 0 spiro atoms. The summed E-state index contributed by atoms with van der Waals surface area (Å²) >= 11 is 5.98. The SMILES string of the molecule is CC1CC1CNCc1ccncc1Cl. The summed E-state index contributed by atoms with van der Waals surface area (Å²) in [7, 11) is 0. The molecule has 2 rings (SSSR count). The van der Waals surface area contributed by atoms with Gasteiger partial charge in [-0.25, -0.2) is 0 Å². The third kappa shape index (κ3) is 2.46. The van der Waals surface area contributed by atoms with Gasteiger partial charge in [-0.3, -0.25) is 4.98 Å². The highest BCUT2D eigenvalue weighted by Crippen LogP contribution is 2.36. The topological polar surface area (TPSA) is 24.9 Å². The summed E-state index contributed by atoms with van der Waals surface area (Å²) in [5, 5.41) is 4.18. The second-order valence-corrected chi connectivity index (χ2v) is 4.48. The van der Waals surface area contributed by atoms with E-state index in [0.29, 0.717) is 0 Å². The van der Waals surface area contributed by atoms with Gasteiger partial charge in [-0.2, -0.15) is 0 Å². The predicted molar refractivity (Wildman–Crippen MR) is 58.2 cm³/mol. The van der Waals surface area contributed by atoms with E-state index in [1.807, 2.05) is 6.07 Å². The van der Waals surface area contributed by atoms with Gasteiger partial charge in [0.25, 0.3) is 0 Å².